The van der Waals surface area contributed by atoms with Gasteiger partial charge >= 0.3 is 23.9 Å². The maximum Gasteiger partial charge on any atom is 0.338 e. The molecule has 0 aliphatic carbocycles. The number of esters is 4. The zero-order valence-corrected chi connectivity index (χ0v) is 23.8. The Bertz CT molecular complexity index is 884. The van der Waals surface area contributed by atoms with Gasteiger partial charge in [0.15, 0.2) is 0 Å². The lowest BCUT2D eigenvalue weighted by atomic mass is 10.1. The number of ether oxygens (including phenoxy) is 4. The van der Waals surface area contributed by atoms with Gasteiger partial charge in [-0.3, -0.25) is 9.59 Å². The van der Waals surface area contributed by atoms with E-state index >= 15 is 0 Å². The lowest BCUT2D eigenvalue weighted by Gasteiger charge is -2.13. The molecular weight excluding hydrogens is 576 g/mol. The molecule has 0 saturated carbocycles. The molecule has 1 rings (SSSR count). The number of hydrogen-bond donors (Lipinski definition) is 4. The fraction of sp³-hybridized carbons (Fsp3) is 0.583. The highest BCUT2D eigenvalue weighted by molar-refractivity contribution is 8.76. The predicted molar refractivity (Wildman–Crippen MR) is 147 cm³/mol. The van der Waals surface area contributed by atoms with Crippen LogP contribution in [0, 0.1) is 0 Å². The van der Waals surface area contributed by atoms with Crippen LogP contribution in [0.1, 0.15) is 33.6 Å². The number of aliphatic hydroxyl groups excluding tert-OH is 4. The van der Waals surface area contributed by atoms with Crippen LogP contribution in [0.25, 0.3) is 0 Å². The molecule has 1 aromatic carbocycles. The van der Waals surface area contributed by atoms with Gasteiger partial charge in [0.1, 0.15) is 25.9 Å². The molecule has 0 heterocycles. The van der Waals surface area contributed by atoms with Crippen molar-refractivity contribution in [2.45, 2.75) is 31.2 Å². The Balaban J connectivity index is 2.25. The first-order chi connectivity index (χ1) is 18.7. The third-order valence-electron chi connectivity index (χ3n) is 4.53. The van der Waals surface area contributed by atoms with E-state index < -0.39 is 42.8 Å². The van der Waals surface area contributed by atoms with Crippen LogP contribution in [0.2, 0.25) is 0 Å². The molecule has 1 aromatic rings. The summed E-state index contributed by atoms with van der Waals surface area (Å²) in [7, 11) is 4.16. The molecule has 0 radical (unpaired) electrons. The van der Waals surface area contributed by atoms with Crippen LogP contribution >= 0.6 is 33.3 Å². The van der Waals surface area contributed by atoms with Crippen molar-refractivity contribution in [1.29, 1.82) is 0 Å². The van der Waals surface area contributed by atoms with Crippen LogP contribution in [0.3, 0.4) is 0 Å². The number of carbonyl (C=O) groups excluding carboxylic acids is 4. The van der Waals surface area contributed by atoms with E-state index in [1.165, 1.54) is 64.7 Å². The summed E-state index contributed by atoms with van der Waals surface area (Å²) in [5.41, 5.74) is 0.269. The minimum Gasteiger partial charge on any atom is -0.469 e. The maximum absolute atomic E-state index is 12.2. The largest absolute Gasteiger partial charge is 0.469 e. The highest BCUT2D eigenvalue weighted by atomic mass is 33.1. The Morgan fingerprint density at radius 3 is 1.69 bits per heavy atom. The summed E-state index contributed by atoms with van der Waals surface area (Å²) in [5.74, 6) is -0.798. The average molecular weight is 611 g/mol. The molecule has 4 N–H and O–H groups in total. The van der Waals surface area contributed by atoms with Gasteiger partial charge in [0.25, 0.3) is 0 Å². The van der Waals surface area contributed by atoms with Crippen molar-refractivity contribution >= 4 is 57.2 Å². The normalized spacial score (nSPS) is 13.2. The second-order valence-corrected chi connectivity index (χ2v) is 11.6. The Labute approximate surface area is 238 Å². The van der Waals surface area contributed by atoms with Crippen molar-refractivity contribution in [2.24, 2.45) is 0 Å². The smallest absolute Gasteiger partial charge is 0.338 e. The summed E-state index contributed by atoms with van der Waals surface area (Å²) in [6.07, 6.45) is -2.65. The molecule has 0 saturated heterocycles. The number of rotatable bonds is 20. The van der Waals surface area contributed by atoms with E-state index in [2.05, 4.69) is 4.74 Å². The molecule has 0 spiro atoms. The Morgan fingerprint density at radius 1 is 0.718 bits per heavy atom. The van der Waals surface area contributed by atoms with Crippen LogP contribution in [-0.2, 0) is 28.5 Å². The molecule has 0 amide bonds. The van der Waals surface area contributed by atoms with Gasteiger partial charge in [-0.1, -0.05) is 21.6 Å². The van der Waals surface area contributed by atoms with Crippen LogP contribution in [0.4, 0.5) is 0 Å². The van der Waals surface area contributed by atoms with Crippen LogP contribution in [0.5, 0.6) is 0 Å². The SMILES string of the molecule is COC(=O)CCSSCCC(=O)OCC(O)COC(=O)c1ccc(C(=O)OCC(O)CSCC(O)CO)cc1. The zero-order chi connectivity index (χ0) is 29.0. The van der Waals surface area contributed by atoms with E-state index in [1.807, 2.05) is 0 Å². The number of carbonyl (C=O) groups is 4. The van der Waals surface area contributed by atoms with Gasteiger partial charge in [0.2, 0.25) is 0 Å². The Kier molecular flexibility index (Phi) is 18.7. The van der Waals surface area contributed by atoms with Gasteiger partial charge in [-0.05, 0) is 24.3 Å². The lowest BCUT2D eigenvalue weighted by molar-refractivity contribution is -0.146. The summed E-state index contributed by atoms with van der Waals surface area (Å²) in [4.78, 5) is 47.0. The molecule has 12 nitrogen and oxygen atoms in total. The number of benzene rings is 1. The molecule has 39 heavy (non-hydrogen) atoms. The first kappa shape index (κ1) is 35.0. The van der Waals surface area contributed by atoms with Crippen molar-refractivity contribution in [3.8, 4) is 0 Å². The van der Waals surface area contributed by atoms with E-state index in [9.17, 15) is 34.5 Å². The van der Waals surface area contributed by atoms with Gasteiger partial charge in [-0.2, -0.15) is 11.8 Å². The molecule has 15 heteroatoms. The highest BCUT2D eigenvalue weighted by Gasteiger charge is 2.16. The fourth-order valence-electron chi connectivity index (χ4n) is 2.47. The second-order valence-electron chi connectivity index (χ2n) is 7.86. The summed E-state index contributed by atoms with van der Waals surface area (Å²) in [5, 5.41) is 37.8. The topological polar surface area (TPSA) is 186 Å². The minimum absolute atomic E-state index is 0.115. The average Bonchev–Trinajstić information content (AvgIpc) is 2.94. The summed E-state index contributed by atoms with van der Waals surface area (Å²) >= 11 is 1.21. The van der Waals surface area contributed by atoms with Crippen molar-refractivity contribution in [2.75, 3.05) is 56.5 Å². The third-order valence-corrected chi connectivity index (χ3v) is 8.18. The number of thioether (sulfide) groups is 1. The van der Waals surface area contributed by atoms with Crippen molar-refractivity contribution in [3.05, 3.63) is 35.4 Å². The zero-order valence-electron chi connectivity index (χ0n) is 21.4. The van der Waals surface area contributed by atoms with E-state index in [4.69, 9.17) is 19.3 Å². The minimum atomic E-state index is -1.22. The van der Waals surface area contributed by atoms with E-state index in [0.717, 1.165) is 0 Å². The summed E-state index contributed by atoms with van der Waals surface area (Å²) in [6, 6.07) is 5.38. The Morgan fingerprint density at radius 2 is 1.18 bits per heavy atom. The molecule has 3 atom stereocenters. The first-order valence-electron chi connectivity index (χ1n) is 11.8. The van der Waals surface area contributed by atoms with Gasteiger partial charge in [0.05, 0.1) is 49.9 Å². The molecule has 0 aromatic heterocycles. The number of hydrogen-bond acceptors (Lipinski definition) is 15. The number of methoxy groups -OCH3 is 1. The lowest BCUT2D eigenvalue weighted by Crippen LogP contribution is -2.25. The third kappa shape index (κ3) is 16.6. The molecule has 220 valence electrons. The molecule has 0 fully saturated rings. The standard InChI is InChI=1S/C24H34O12S3/c1-33-21(29)6-8-38-39-9-7-22(30)34-11-19(27)12-35-23(31)16-2-4-17(5-3-16)24(32)36-13-20(28)15-37-14-18(26)10-25/h2-5,18-20,25-28H,6-15H2,1H3. The number of aliphatic hydroxyl groups is 4. The second kappa shape index (κ2) is 20.8. The highest BCUT2D eigenvalue weighted by Crippen LogP contribution is 2.23. The summed E-state index contributed by atoms with van der Waals surface area (Å²) in [6.45, 7) is -1.38. The monoisotopic (exact) mass is 610 g/mol. The predicted octanol–water partition coefficient (Wildman–Crippen LogP) is 0.686. The van der Waals surface area contributed by atoms with Gasteiger partial charge in [0, 0.05) is 23.0 Å². The van der Waals surface area contributed by atoms with E-state index in [1.54, 1.807) is 0 Å². The van der Waals surface area contributed by atoms with E-state index in [-0.39, 0.29) is 61.3 Å². The van der Waals surface area contributed by atoms with Crippen molar-refractivity contribution in [1.82, 2.24) is 0 Å². The molecule has 0 bridgehead atoms. The maximum atomic E-state index is 12.2. The van der Waals surface area contributed by atoms with Gasteiger partial charge in [-0.25, -0.2) is 9.59 Å². The molecule has 0 aliphatic heterocycles. The van der Waals surface area contributed by atoms with E-state index in [0.29, 0.717) is 11.5 Å². The summed E-state index contributed by atoms with van der Waals surface area (Å²) < 4.78 is 19.5. The fourth-order valence-corrected chi connectivity index (χ4v) is 5.30. The molecule has 3 unspecified atom stereocenters. The van der Waals surface area contributed by atoms with Gasteiger partial charge < -0.3 is 39.4 Å². The van der Waals surface area contributed by atoms with Gasteiger partial charge in [-0.15, -0.1) is 0 Å². The van der Waals surface area contributed by atoms with Crippen LogP contribution in [-0.4, -0.2) is 119 Å². The molecule has 0 aliphatic rings. The molecular formula is C24H34O12S3. The first-order valence-corrected chi connectivity index (χ1v) is 15.4. The van der Waals surface area contributed by atoms with Crippen LogP contribution < -0.4 is 0 Å². The van der Waals surface area contributed by atoms with Crippen LogP contribution in [0.15, 0.2) is 24.3 Å². The Hall–Kier alpha value is -2.01. The van der Waals surface area contributed by atoms with Crippen molar-refractivity contribution in [3.63, 3.8) is 0 Å². The quantitative estimate of drug-likeness (QED) is 0.0698. The van der Waals surface area contributed by atoms with Crippen molar-refractivity contribution < 1.29 is 58.6 Å².